The Hall–Kier alpha value is -4.31. The maximum atomic E-state index is 11.1. The van der Waals surface area contributed by atoms with Crippen molar-refractivity contribution in [3.8, 4) is 5.75 Å². The van der Waals surface area contributed by atoms with Gasteiger partial charge < -0.3 is 16.2 Å². The highest BCUT2D eigenvalue weighted by Gasteiger charge is 2.03. The van der Waals surface area contributed by atoms with Gasteiger partial charge in [-0.1, -0.05) is 91.5 Å². The van der Waals surface area contributed by atoms with Crippen LogP contribution in [0.25, 0.3) is 22.9 Å². The van der Waals surface area contributed by atoms with E-state index in [0.717, 1.165) is 28.0 Å². The molecule has 4 nitrogen and oxygen atoms in total. The van der Waals surface area contributed by atoms with Crippen molar-refractivity contribution in [2.75, 3.05) is 11.5 Å². The SMILES string of the molecule is C=CC(=O)Oc1cccc2ccccc12.Nc1ccc(C=Cc2ccccc2)cc1N. The Morgan fingerprint density at radius 3 is 2.16 bits per heavy atom. The average Bonchev–Trinajstić information content (AvgIpc) is 2.81. The van der Waals surface area contributed by atoms with Gasteiger partial charge in [-0.3, -0.25) is 0 Å². The van der Waals surface area contributed by atoms with E-state index in [1.165, 1.54) is 0 Å². The molecule has 4 N–H and O–H groups in total. The van der Waals surface area contributed by atoms with E-state index in [0.29, 0.717) is 17.1 Å². The Bertz CT molecular complexity index is 1210. The van der Waals surface area contributed by atoms with Crippen LogP contribution in [0.2, 0.25) is 0 Å². The zero-order valence-electron chi connectivity index (χ0n) is 17.1. The van der Waals surface area contributed by atoms with Gasteiger partial charge in [0, 0.05) is 11.5 Å². The summed E-state index contributed by atoms with van der Waals surface area (Å²) in [6.45, 7) is 3.36. The van der Waals surface area contributed by atoms with Gasteiger partial charge in [-0.15, -0.1) is 0 Å². The maximum Gasteiger partial charge on any atom is 0.335 e. The average molecular weight is 409 g/mol. The number of anilines is 2. The van der Waals surface area contributed by atoms with Gasteiger partial charge in [0.1, 0.15) is 5.75 Å². The molecule has 0 bridgehead atoms. The number of fused-ring (bicyclic) bond motifs is 1. The van der Waals surface area contributed by atoms with Crippen LogP contribution in [0.5, 0.6) is 5.75 Å². The Morgan fingerprint density at radius 1 is 0.742 bits per heavy atom. The molecule has 4 rings (SSSR count). The highest BCUT2D eigenvalue weighted by atomic mass is 16.5. The predicted octanol–water partition coefficient (Wildman–Crippen LogP) is 5.95. The fourth-order valence-electron chi connectivity index (χ4n) is 2.89. The Balaban J connectivity index is 0.000000176. The fourth-order valence-corrected chi connectivity index (χ4v) is 2.89. The number of hydrogen-bond donors (Lipinski definition) is 2. The fraction of sp³-hybridized carbons (Fsp3) is 0. The van der Waals surface area contributed by atoms with Gasteiger partial charge in [-0.25, -0.2) is 4.79 Å². The third kappa shape index (κ3) is 6.08. The van der Waals surface area contributed by atoms with E-state index in [4.69, 9.17) is 16.2 Å². The van der Waals surface area contributed by atoms with Gasteiger partial charge in [0.15, 0.2) is 0 Å². The van der Waals surface area contributed by atoms with Crippen molar-refractivity contribution in [3.63, 3.8) is 0 Å². The number of carbonyl (C=O) groups excluding carboxylic acids is 1. The first-order valence-electron chi connectivity index (χ1n) is 9.77. The third-order valence-electron chi connectivity index (χ3n) is 4.51. The van der Waals surface area contributed by atoms with Crippen LogP contribution >= 0.6 is 0 Å². The summed E-state index contributed by atoms with van der Waals surface area (Å²) in [6, 6.07) is 29.1. The molecular weight excluding hydrogens is 384 g/mol. The molecule has 0 atom stereocenters. The van der Waals surface area contributed by atoms with E-state index in [9.17, 15) is 4.79 Å². The molecule has 0 aliphatic carbocycles. The lowest BCUT2D eigenvalue weighted by Crippen LogP contribution is -2.03. The van der Waals surface area contributed by atoms with Crippen LogP contribution in [0.4, 0.5) is 11.4 Å². The number of rotatable bonds is 4. The van der Waals surface area contributed by atoms with Crippen LogP contribution in [-0.2, 0) is 4.79 Å². The number of benzene rings is 4. The molecule has 0 aliphatic rings. The molecule has 4 heteroatoms. The standard InChI is InChI=1S/C14H14N2.C13H10O2/c15-13-9-8-12(10-14(13)16)7-6-11-4-2-1-3-5-11;1-2-13(14)15-12-9-5-7-10-6-3-4-8-11(10)12/h1-10H,15-16H2;2-9H,1H2. The zero-order chi connectivity index (χ0) is 22.1. The summed E-state index contributed by atoms with van der Waals surface area (Å²) in [4.78, 5) is 11.1. The second-order valence-corrected chi connectivity index (χ2v) is 6.73. The van der Waals surface area contributed by atoms with Crippen LogP contribution < -0.4 is 16.2 Å². The molecule has 0 fully saturated rings. The highest BCUT2D eigenvalue weighted by Crippen LogP contribution is 2.25. The molecule has 0 unspecified atom stereocenters. The quantitative estimate of drug-likeness (QED) is 0.144. The molecule has 0 saturated carbocycles. The van der Waals surface area contributed by atoms with Crippen molar-refractivity contribution in [2.45, 2.75) is 0 Å². The zero-order valence-corrected chi connectivity index (χ0v) is 17.1. The van der Waals surface area contributed by atoms with E-state index in [2.05, 4.69) is 18.7 Å². The molecule has 154 valence electrons. The molecule has 0 amide bonds. The molecule has 0 spiro atoms. The lowest BCUT2D eigenvalue weighted by atomic mass is 10.1. The molecule has 0 aliphatic heterocycles. The second kappa shape index (κ2) is 10.5. The van der Waals surface area contributed by atoms with Gasteiger partial charge in [-0.2, -0.15) is 0 Å². The summed E-state index contributed by atoms with van der Waals surface area (Å²) in [6.07, 6.45) is 5.22. The molecule has 0 aromatic heterocycles. The molecule has 0 heterocycles. The summed E-state index contributed by atoms with van der Waals surface area (Å²) in [7, 11) is 0. The van der Waals surface area contributed by atoms with Crippen molar-refractivity contribution in [1.82, 2.24) is 0 Å². The molecule has 4 aromatic rings. The first-order valence-corrected chi connectivity index (χ1v) is 9.77. The minimum atomic E-state index is -0.439. The largest absolute Gasteiger partial charge is 0.423 e. The van der Waals surface area contributed by atoms with Gasteiger partial charge in [0.25, 0.3) is 0 Å². The van der Waals surface area contributed by atoms with Gasteiger partial charge >= 0.3 is 5.97 Å². The lowest BCUT2D eigenvalue weighted by molar-refractivity contribution is -0.128. The van der Waals surface area contributed by atoms with Crippen LogP contribution in [0.15, 0.2) is 104 Å². The van der Waals surface area contributed by atoms with Crippen molar-refractivity contribution in [3.05, 3.63) is 115 Å². The van der Waals surface area contributed by atoms with E-state index >= 15 is 0 Å². The smallest absolute Gasteiger partial charge is 0.335 e. The van der Waals surface area contributed by atoms with E-state index in [1.807, 2.05) is 84.9 Å². The van der Waals surface area contributed by atoms with Crippen LogP contribution in [0.1, 0.15) is 11.1 Å². The number of ether oxygens (including phenoxy) is 1. The first-order chi connectivity index (χ1) is 15.1. The van der Waals surface area contributed by atoms with Crippen LogP contribution in [-0.4, -0.2) is 5.97 Å². The number of nitrogen functional groups attached to an aromatic ring is 2. The molecule has 0 radical (unpaired) electrons. The van der Waals surface area contributed by atoms with Gasteiger partial charge in [0.2, 0.25) is 0 Å². The number of esters is 1. The highest BCUT2D eigenvalue weighted by molar-refractivity contribution is 5.92. The van der Waals surface area contributed by atoms with Crippen LogP contribution in [0.3, 0.4) is 0 Å². The Morgan fingerprint density at radius 2 is 1.42 bits per heavy atom. The Labute approximate surface area is 182 Å². The van der Waals surface area contributed by atoms with Gasteiger partial charge in [-0.05, 0) is 34.7 Å². The number of nitrogens with two attached hydrogens (primary N) is 2. The Kier molecular flexibility index (Phi) is 7.22. The molecule has 4 aromatic carbocycles. The van der Waals surface area contributed by atoms with Crippen molar-refractivity contribution in [1.29, 1.82) is 0 Å². The number of carbonyl (C=O) groups is 1. The summed E-state index contributed by atoms with van der Waals surface area (Å²) in [5.41, 5.74) is 14.8. The van der Waals surface area contributed by atoms with E-state index < -0.39 is 5.97 Å². The minimum Gasteiger partial charge on any atom is -0.423 e. The summed E-state index contributed by atoms with van der Waals surface area (Å²) < 4.78 is 5.12. The summed E-state index contributed by atoms with van der Waals surface area (Å²) >= 11 is 0. The molecule has 0 saturated heterocycles. The van der Waals surface area contributed by atoms with Crippen molar-refractivity contribution >= 4 is 40.3 Å². The monoisotopic (exact) mass is 408 g/mol. The minimum absolute atomic E-state index is 0.439. The first kappa shape index (κ1) is 21.4. The predicted molar refractivity (Wildman–Crippen MR) is 130 cm³/mol. The second-order valence-electron chi connectivity index (χ2n) is 6.73. The van der Waals surface area contributed by atoms with Crippen molar-refractivity contribution in [2.24, 2.45) is 0 Å². The van der Waals surface area contributed by atoms with Gasteiger partial charge in [0.05, 0.1) is 11.4 Å². The van der Waals surface area contributed by atoms with Crippen LogP contribution in [0, 0.1) is 0 Å². The topological polar surface area (TPSA) is 78.3 Å². The normalized spacial score (nSPS) is 10.3. The summed E-state index contributed by atoms with van der Waals surface area (Å²) in [5, 5.41) is 1.97. The molecule has 31 heavy (non-hydrogen) atoms. The summed E-state index contributed by atoms with van der Waals surface area (Å²) in [5.74, 6) is 0.129. The van der Waals surface area contributed by atoms with Crippen molar-refractivity contribution < 1.29 is 9.53 Å². The van der Waals surface area contributed by atoms with E-state index in [-0.39, 0.29) is 0 Å². The molecular formula is C27H24N2O2. The van der Waals surface area contributed by atoms with E-state index in [1.54, 1.807) is 6.07 Å². The lowest BCUT2D eigenvalue weighted by Gasteiger charge is -2.05. The third-order valence-corrected chi connectivity index (χ3v) is 4.51. The maximum absolute atomic E-state index is 11.1. The number of hydrogen-bond acceptors (Lipinski definition) is 4.